The summed E-state index contributed by atoms with van der Waals surface area (Å²) in [6.45, 7) is 9.24. The lowest BCUT2D eigenvalue weighted by molar-refractivity contribution is -0.136. The van der Waals surface area contributed by atoms with Gasteiger partial charge in [0.2, 0.25) is 5.91 Å². The number of anilines is 1. The molecule has 0 unspecified atom stereocenters. The molecule has 9 heteroatoms. The van der Waals surface area contributed by atoms with Crippen molar-refractivity contribution in [1.82, 2.24) is 15.1 Å². The Labute approximate surface area is 249 Å². The van der Waals surface area contributed by atoms with E-state index in [0.717, 1.165) is 35.5 Å². The average Bonchev–Trinajstić information content (AvgIpc) is 3.27. The van der Waals surface area contributed by atoms with Gasteiger partial charge in [-0.25, -0.2) is 9.69 Å². The molecule has 42 heavy (non-hydrogen) atoms. The quantitative estimate of drug-likeness (QED) is 0.327. The van der Waals surface area contributed by atoms with Gasteiger partial charge in [-0.3, -0.25) is 14.4 Å². The average molecular weight is 575 g/mol. The zero-order valence-corrected chi connectivity index (χ0v) is 24.5. The molecule has 0 radical (unpaired) electrons. The number of rotatable bonds is 9. The van der Waals surface area contributed by atoms with E-state index in [1.54, 1.807) is 41.3 Å². The van der Waals surface area contributed by atoms with Crippen LogP contribution in [0.25, 0.3) is 0 Å². The Bertz CT molecular complexity index is 1400. The number of nitrogens with one attached hydrogen (secondary N) is 2. The molecular formula is C33H42N4O5. The number of hydrogen-bond acceptors (Lipinski definition) is 5. The smallest absolute Gasteiger partial charge is 0.325 e. The molecular weight excluding hydrogens is 532 g/mol. The van der Waals surface area contributed by atoms with E-state index in [1.165, 1.54) is 0 Å². The highest BCUT2D eigenvalue weighted by molar-refractivity contribution is 6.10. The molecule has 0 spiro atoms. The topological polar surface area (TPSA) is 108 Å². The Hall–Kier alpha value is -4.66. The molecule has 2 aliphatic rings. The van der Waals surface area contributed by atoms with Gasteiger partial charge in [0, 0.05) is 27.5 Å². The second kappa shape index (κ2) is 13.8. The van der Waals surface area contributed by atoms with Crippen molar-refractivity contribution in [3.63, 3.8) is 0 Å². The highest BCUT2D eigenvalue weighted by Gasteiger charge is 2.47. The molecule has 5 amide bonds. The highest BCUT2D eigenvalue weighted by atomic mass is 16.5. The van der Waals surface area contributed by atoms with Gasteiger partial charge in [0.15, 0.2) is 6.61 Å². The second-order valence-electron chi connectivity index (χ2n) is 10.2. The number of nitrogens with zero attached hydrogens (tertiary/aromatic N) is 2. The number of amides is 5. The lowest BCUT2D eigenvalue weighted by Crippen LogP contribution is -2.50. The predicted octanol–water partition coefficient (Wildman–Crippen LogP) is 5.53. The Morgan fingerprint density at radius 1 is 0.976 bits per heavy atom. The zero-order valence-electron chi connectivity index (χ0n) is 24.5. The SMILES string of the molecule is CC.Cc1ccc(NC(=O)[C@H]([C@@H](C)c2ccccc2)N2C(=O)N[C@H](c3ccc(OCC(=O)N4CCC4)cc3)C2=O)cc1.[HH].[HH]. The van der Waals surface area contributed by atoms with Crippen molar-refractivity contribution in [1.29, 1.82) is 0 Å². The molecule has 2 fully saturated rings. The number of carbonyl (C=O) groups is 4. The molecule has 3 aromatic rings. The van der Waals surface area contributed by atoms with E-state index in [1.807, 2.05) is 70.2 Å². The third kappa shape index (κ3) is 6.79. The van der Waals surface area contributed by atoms with E-state index in [4.69, 9.17) is 4.74 Å². The van der Waals surface area contributed by atoms with Crippen LogP contribution in [0.2, 0.25) is 0 Å². The van der Waals surface area contributed by atoms with Gasteiger partial charge in [0.1, 0.15) is 17.8 Å². The summed E-state index contributed by atoms with van der Waals surface area (Å²) >= 11 is 0. The summed E-state index contributed by atoms with van der Waals surface area (Å²) in [5, 5.41) is 5.62. The van der Waals surface area contributed by atoms with Crippen molar-refractivity contribution in [2.45, 2.75) is 52.1 Å². The summed E-state index contributed by atoms with van der Waals surface area (Å²) in [5.41, 5.74) is 2.99. The standard InChI is InChI=1S/C31H32N4O5.C2H6.2H2/c1-20-9-13-24(14-10-20)32-29(37)28(21(2)22-7-4-3-5-8-22)35-30(38)27(33-31(35)39)23-11-15-25(16-12-23)40-19-26(36)34-17-6-18-34;1-2;;/h3-5,7-16,21,27-28H,6,17-19H2,1-2H3,(H,32,37)(H,33,39);1-2H3;2*1H/t21-,27+,28-;;;/m0.../s1. The fraction of sp³-hybridized carbons (Fsp3) is 0.333. The molecule has 3 aromatic carbocycles. The van der Waals surface area contributed by atoms with Crippen molar-refractivity contribution in [2.24, 2.45) is 0 Å². The molecule has 0 aromatic heterocycles. The summed E-state index contributed by atoms with van der Waals surface area (Å²) in [7, 11) is 0. The van der Waals surface area contributed by atoms with Crippen molar-refractivity contribution in [3.8, 4) is 5.75 Å². The Kier molecular flexibility index (Phi) is 9.96. The van der Waals surface area contributed by atoms with E-state index in [2.05, 4.69) is 10.6 Å². The van der Waals surface area contributed by atoms with Gasteiger partial charge in [0.25, 0.3) is 11.8 Å². The molecule has 2 saturated heterocycles. The Morgan fingerprint density at radius 2 is 1.62 bits per heavy atom. The maximum absolute atomic E-state index is 13.7. The first-order valence-electron chi connectivity index (χ1n) is 14.4. The van der Waals surface area contributed by atoms with Crippen LogP contribution in [0.3, 0.4) is 0 Å². The van der Waals surface area contributed by atoms with Crippen LogP contribution in [-0.2, 0) is 14.4 Å². The van der Waals surface area contributed by atoms with E-state index in [0.29, 0.717) is 17.0 Å². The fourth-order valence-electron chi connectivity index (χ4n) is 4.90. The molecule has 0 aliphatic carbocycles. The minimum absolute atomic E-state index is 0. The second-order valence-corrected chi connectivity index (χ2v) is 10.2. The number of hydrogen-bond donors (Lipinski definition) is 2. The van der Waals surface area contributed by atoms with Crippen LogP contribution in [0.5, 0.6) is 5.75 Å². The van der Waals surface area contributed by atoms with E-state index >= 15 is 0 Å². The van der Waals surface area contributed by atoms with Gasteiger partial charge >= 0.3 is 6.03 Å². The van der Waals surface area contributed by atoms with Crippen LogP contribution >= 0.6 is 0 Å². The first-order chi connectivity index (χ1) is 20.3. The highest BCUT2D eigenvalue weighted by Crippen LogP contribution is 2.31. The van der Waals surface area contributed by atoms with Crippen LogP contribution < -0.4 is 15.4 Å². The van der Waals surface area contributed by atoms with Gasteiger partial charge in [-0.1, -0.05) is 80.9 Å². The molecule has 9 nitrogen and oxygen atoms in total. The number of ether oxygens (including phenoxy) is 1. The van der Waals surface area contributed by atoms with Crippen LogP contribution in [0.15, 0.2) is 78.9 Å². The maximum Gasteiger partial charge on any atom is 0.325 e. The van der Waals surface area contributed by atoms with Gasteiger partial charge in [0.05, 0.1) is 0 Å². The third-order valence-corrected chi connectivity index (χ3v) is 7.42. The van der Waals surface area contributed by atoms with Gasteiger partial charge in [-0.2, -0.15) is 0 Å². The van der Waals surface area contributed by atoms with Crippen molar-refractivity contribution >= 4 is 29.4 Å². The Balaban J connectivity index is 0.00000165. The van der Waals surface area contributed by atoms with Crippen LogP contribution in [-0.4, -0.2) is 59.3 Å². The third-order valence-electron chi connectivity index (χ3n) is 7.42. The maximum atomic E-state index is 13.7. The molecule has 0 bridgehead atoms. The molecule has 5 rings (SSSR count). The number of benzene rings is 3. The molecule has 0 saturated carbocycles. The van der Waals surface area contributed by atoms with E-state index < -0.39 is 35.8 Å². The number of aryl methyl sites for hydroxylation is 1. The van der Waals surface area contributed by atoms with E-state index in [-0.39, 0.29) is 15.4 Å². The predicted molar refractivity (Wildman–Crippen MR) is 165 cm³/mol. The molecule has 224 valence electrons. The lowest BCUT2D eigenvalue weighted by atomic mass is 9.91. The molecule has 2 N–H and O–H groups in total. The minimum atomic E-state index is -1.09. The first-order valence-corrected chi connectivity index (χ1v) is 14.4. The zero-order chi connectivity index (χ0) is 30.2. The fourth-order valence-corrected chi connectivity index (χ4v) is 4.90. The van der Waals surface area contributed by atoms with Gasteiger partial charge < -0.3 is 20.3 Å². The number of urea groups is 1. The summed E-state index contributed by atoms with van der Waals surface area (Å²) in [6, 6.07) is 20.7. The monoisotopic (exact) mass is 574 g/mol. The van der Waals surface area contributed by atoms with Crippen LogP contribution in [0.4, 0.5) is 10.5 Å². The summed E-state index contributed by atoms with van der Waals surface area (Å²) in [4.78, 5) is 55.4. The molecule has 2 heterocycles. The van der Waals surface area contributed by atoms with E-state index in [9.17, 15) is 19.2 Å². The molecule has 2 aliphatic heterocycles. The number of imide groups is 1. The van der Waals surface area contributed by atoms with Crippen molar-refractivity contribution < 1.29 is 26.8 Å². The minimum Gasteiger partial charge on any atom is -0.484 e. The summed E-state index contributed by atoms with van der Waals surface area (Å²) in [5.74, 6) is -1.02. The Morgan fingerprint density at radius 3 is 2.21 bits per heavy atom. The summed E-state index contributed by atoms with van der Waals surface area (Å²) in [6.07, 6.45) is 1.01. The number of likely N-dealkylation sites (tertiary alicyclic amines) is 1. The van der Waals surface area contributed by atoms with Crippen molar-refractivity contribution in [2.75, 3.05) is 25.0 Å². The van der Waals surface area contributed by atoms with Crippen LogP contribution in [0, 0.1) is 6.92 Å². The van der Waals surface area contributed by atoms with Gasteiger partial charge in [-0.15, -0.1) is 0 Å². The lowest BCUT2D eigenvalue weighted by Gasteiger charge is -2.30. The van der Waals surface area contributed by atoms with Gasteiger partial charge in [-0.05, 0) is 48.7 Å². The van der Waals surface area contributed by atoms with Crippen LogP contribution in [0.1, 0.15) is 58.7 Å². The molecule has 3 atom stereocenters. The largest absolute Gasteiger partial charge is 0.484 e. The van der Waals surface area contributed by atoms with Crippen molar-refractivity contribution in [3.05, 3.63) is 95.6 Å². The first kappa shape index (κ1) is 30.3. The summed E-state index contributed by atoms with van der Waals surface area (Å²) < 4.78 is 5.60. The normalized spacial score (nSPS) is 17.3. The number of carbonyl (C=O) groups excluding carboxylic acids is 4.